The van der Waals surface area contributed by atoms with Gasteiger partial charge < -0.3 is 25.5 Å². The van der Waals surface area contributed by atoms with Crippen molar-refractivity contribution in [2.24, 2.45) is 5.73 Å². The maximum absolute atomic E-state index is 13.1. The van der Waals surface area contributed by atoms with Crippen LogP contribution >= 0.6 is 0 Å². The minimum Gasteiger partial charge on any atom is -0.478 e. The molecule has 5 rings (SSSR count). The summed E-state index contributed by atoms with van der Waals surface area (Å²) < 4.78 is 8.35. The molecular formula is C33H31N5O4. The first-order chi connectivity index (χ1) is 20.2. The first-order valence-corrected chi connectivity index (χ1v) is 13.5. The summed E-state index contributed by atoms with van der Waals surface area (Å²) >= 11 is 0. The van der Waals surface area contributed by atoms with Gasteiger partial charge >= 0.3 is 5.97 Å². The fraction of sp³-hybridized carbons (Fsp3) is 0.152. The molecule has 0 aliphatic rings. The number of pyridine rings is 1. The number of aromatic nitrogens is 2. The number of aryl methyl sites for hydroxylation is 2. The molecule has 0 aliphatic heterocycles. The van der Waals surface area contributed by atoms with Gasteiger partial charge in [-0.1, -0.05) is 35.9 Å². The minimum atomic E-state index is -1.10. The molecule has 1 amide bonds. The van der Waals surface area contributed by atoms with Gasteiger partial charge in [-0.15, -0.1) is 0 Å². The molecule has 212 valence electrons. The van der Waals surface area contributed by atoms with Crippen LogP contribution in [0.4, 0.5) is 0 Å². The highest BCUT2D eigenvalue weighted by Gasteiger charge is 2.18. The molecule has 2 heterocycles. The van der Waals surface area contributed by atoms with E-state index in [2.05, 4.69) is 21.1 Å². The minimum absolute atomic E-state index is 0.00207. The van der Waals surface area contributed by atoms with Crippen LogP contribution in [0, 0.1) is 12.3 Å². The molecule has 5 aromatic rings. The Morgan fingerprint density at radius 2 is 1.81 bits per heavy atom. The van der Waals surface area contributed by atoms with E-state index in [1.54, 1.807) is 36.5 Å². The molecule has 9 heteroatoms. The second-order valence-corrected chi connectivity index (χ2v) is 10.00. The number of amides is 1. The highest BCUT2D eigenvalue weighted by atomic mass is 16.5. The van der Waals surface area contributed by atoms with Crippen molar-refractivity contribution >= 4 is 28.6 Å². The van der Waals surface area contributed by atoms with Gasteiger partial charge in [-0.05, 0) is 67.4 Å². The van der Waals surface area contributed by atoms with Gasteiger partial charge in [0.25, 0.3) is 5.91 Å². The van der Waals surface area contributed by atoms with Gasteiger partial charge in [-0.3, -0.25) is 15.2 Å². The summed E-state index contributed by atoms with van der Waals surface area (Å²) in [6, 6.07) is 21.4. The third kappa shape index (κ3) is 6.00. The van der Waals surface area contributed by atoms with Crippen molar-refractivity contribution < 1.29 is 19.4 Å². The number of carbonyl (C=O) groups excluding carboxylic acids is 1. The van der Waals surface area contributed by atoms with Crippen molar-refractivity contribution in [3.63, 3.8) is 0 Å². The Kier molecular flexibility index (Phi) is 8.01. The van der Waals surface area contributed by atoms with E-state index in [1.807, 2.05) is 56.3 Å². The van der Waals surface area contributed by atoms with Gasteiger partial charge in [0.1, 0.15) is 22.9 Å². The average molecular weight is 562 g/mol. The molecule has 2 aromatic heterocycles. The SMILES string of the molecule is CCn1cc(Cc2ccc(C(=O)NCc3ccccn3)cc2Oc2ccc(C)cc2C(=O)O)c2ccc(C(=N)N)cc21. The van der Waals surface area contributed by atoms with E-state index in [-0.39, 0.29) is 29.6 Å². The van der Waals surface area contributed by atoms with Crippen molar-refractivity contribution in [1.29, 1.82) is 5.41 Å². The Balaban J connectivity index is 1.53. The van der Waals surface area contributed by atoms with Crippen molar-refractivity contribution in [3.05, 3.63) is 124 Å². The highest BCUT2D eigenvalue weighted by molar-refractivity contribution is 5.99. The first kappa shape index (κ1) is 28.1. The number of aromatic carboxylic acids is 1. The van der Waals surface area contributed by atoms with E-state index >= 15 is 0 Å². The van der Waals surface area contributed by atoms with E-state index in [4.69, 9.17) is 15.9 Å². The summed E-state index contributed by atoms with van der Waals surface area (Å²) in [4.78, 5) is 29.4. The molecule has 0 fully saturated rings. The third-order valence-corrected chi connectivity index (χ3v) is 7.07. The second kappa shape index (κ2) is 12.0. The Bertz CT molecular complexity index is 1810. The van der Waals surface area contributed by atoms with Crippen molar-refractivity contribution in [3.8, 4) is 11.5 Å². The predicted octanol–water partition coefficient (Wildman–Crippen LogP) is 5.66. The molecule has 0 aliphatic carbocycles. The zero-order chi connectivity index (χ0) is 29.8. The normalized spacial score (nSPS) is 10.9. The number of nitrogen functional groups attached to an aromatic ring is 1. The maximum Gasteiger partial charge on any atom is 0.339 e. The molecule has 9 nitrogen and oxygen atoms in total. The number of carbonyl (C=O) groups is 2. The smallest absolute Gasteiger partial charge is 0.339 e. The zero-order valence-corrected chi connectivity index (χ0v) is 23.3. The molecule has 3 aromatic carbocycles. The highest BCUT2D eigenvalue weighted by Crippen LogP contribution is 2.33. The molecule has 0 saturated carbocycles. The Morgan fingerprint density at radius 3 is 2.52 bits per heavy atom. The number of nitrogens with zero attached hydrogens (tertiary/aromatic N) is 2. The first-order valence-electron chi connectivity index (χ1n) is 13.5. The summed E-state index contributed by atoms with van der Waals surface area (Å²) in [6.07, 6.45) is 4.18. The fourth-order valence-corrected chi connectivity index (χ4v) is 4.87. The Morgan fingerprint density at radius 1 is 1.00 bits per heavy atom. The van der Waals surface area contributed by atoms with Crippen LogP contribution in [0.1, 0.15) is 55.6 Å². The zero-order valence-electron chi connectivity index (χ0n) is 23.3. The van der Waals surface area contributed by atoms with E-state index in [0.717, 1.165) is 39.8 Å². The van der Waals surface area contributed by atoms with Crippen LogP contribution in [0.2, 0.25) is 0 Å². The fourth-order valence-electron chi connectivity index (χ4n) is 4.87. The number of carboxylic acid groups (broad SMARTS) is 1. The molecule has 0 radical (unpaired) electrons. The molecule has 42 heavy (non-hydrogen) atoms. The quantitative estimate of drug-likeness (QED) is 0.128. The number of amidine groups is 1. The summed E-state index contributed by atoms with van der Waals surface area (Å²) in [5.74, 6) is -0.847. The lowest BCUT2D eigenvalue weighted by Crippen LogP contribution is -2.23. The van der Waals surface area contributed by atoms with Gasteiger partial charge in [0.15, 0.2) is 0 Å². The van der Waals surface area contributed by atoms with Crippen LogP contribution in [0.15, 0.2) is 85.2 Å². The molecule has 0 atom stereocenters. The van der Waals surface area contributed by atoms with Crippen molar-refractivity contribution in [2.45, 2.75) is 33.4 Å². The van der Waals surface area contributed by atoms with Gasteiger partial charge in [-0.25, -0.2) is 4.79 Å². The lowest BCUT2D eigenvalue weighted by molar-refractivity contribution is 0.0693. The topological polar surface area (TPSA) is 143 Å². The van der Waals surface area contributed by atoms with Crippen molar-refractivity contribution in [2.75, 3.05) is 0 Å². The average Bonchev–Trinajstić information content (AvgIpc) is 3.34. The Hall–Kier alpha value is -5.44. The van der Waals surface area contributed by atoms with Crippen LogP contribution in [0.3, 0.4) is 0 Å². The van der Waals surface area contributed by atoms with Crippen molar-refractivity contribution in [1.82, 2.24) is 14.9 Å². The number of fused-ring (bicyclic) bond motifs is 1. The third-order valence-electron chi connectivity index (χ3n) is 7.07. The van der Waals surface area contributed by atoms with Gasteiger partial charge in [0, 0.05) is 47.4 Å². The maximum atomic E-state index is 13.1. The number of hydrogen-bond acceptors (Lipinski definition) is 5. The molecule has 0 saturated heterocycles. The van der Waals surface area contributed by atoms with Gasteiger partial charge in [0.2, 0.25) is 0 Å². The van der Waals surface area contributed by atoms with Gasteiger partial charge in [-0.2, -0.15) is 0 Å². The number of carboxylic acids is 1. The Labute approximate surface area is 243 Å². The molecule has 0 spiro atoms. The number of rotatable bonds is 10. The monoisotopic (exact) mass is 561 g/mol. The standard InChI is InChI=1S/C33H31N5O4/c1-3-38-19-24(26-11-10-22(31(34)35)16-28(26)38)15-21-8-9-23(32(39)37-18-25-6-4-5-13-36-25)17-30(21)42-29-12-7-20(2)14-27(29)33(40)41/h4-14,16-17,19H,3,15,18H2,1-2H3,(H3,34,35)(H,37,39)(H,40,41). The lowest BCUT2D eigenvalue weighted by atomic mass is 10.0. The number of hydrogen-bond donors (Lipinski definition) is 4. The molecule has 0 bridgehead atoms. The number of benzene rings is 3. The van der Waals surface area contributed by atoms with E-state index < -0.39 is 5.97 Å². The van der Waals surface area contributed by atoms with Crippen LogP contribution in [-0.4, -0.2) is 32.4 Å². The molecular weight excluding hydrogens is 530 g/mol. The van der Waals surface area contributed by atoms with Crippen LogP contribution in [0.5, 0.6) is 11.5 Å². The summed E-state index contributed by atoms with van der Waals surface area (Å²) in [7, 11) is 0. The lowest BCUT2D eigenvalue weighted by Gasteiger charge is -2.15. The van der Waals surface area contributed by atoms with Gasteiger partial charge in [0.05, 0.1) is 12.2 Å². The van der Waals surface area contributed by atoms with Crippen LogP contribution < -0.4 is 15.8 Å². The summed E-state index contributed by atoms with van der Waals surface area (Å²) in [5, 5.41) is 21.5. The molecule has 0 unspecified atom stereocenters. The predicted molar refractivity (Wildman–Crippen MR) is 161 cm³/mol. The molecule has 5 N–H and O–H groups in total. The van der Waals surface area contributed by atoms with E-state index in [0.29, 0.717) is 23.3 Å². The number of nitrogens with two attached hydrogens (primary N) is 1. The number of ether oxygens (including phenoxy) is 1. The summed E-state index contributed by atoms with van der Waals surface area (Å²) in [6.45, 7) is 4.84. The van der Waals surface area contributed by atoms with E-state index in [9.17, 15) is 14.7 Å². The largest absolute Gasteiger partial charge is 0.478 e. The van der Waals surface area contributed by atoms with Crippen LogP contribution in [0.25, 0.3) is 10.9 Å². The number of nitrogens with one attached hydrogen (secondary N) is 2. The summed E-state index contributed by atoms with van der Waals surface area (Å²) in [5.41, 5.74) is 11.1. The van der Waals surface area contributed by atoms with E-state index in [1.165, 1.54) is 0 Å². The van der Waals surface area contributed by atoms with Crippen LogP contribution in [-0.2, 0) is 19.5 Å². The second-order valence-electron chi connectivity index (χ2n) is 10.00.